The van der Waals surface area contributed by atoms with Crippen LogP contribution < -0.4 is 10.2 Å². The van der Waals surface area contributed by atoms with Gasteiger partial charge in [0, 0.05) is 18.3 Å². The number of carbonyl (C=O) groups excluding carboxylic acids is 2. The fraction of sp³-hybridized carbons (Fsp3) is 0.250. The maximum absolute atomic E-state index is 14.1. The first-order chi connectivity index (χ1) is 12.0. The van der Waals surface area contributed by atoms with Gasteiger partial charge in [-0.1, -0.05) is 6.07 Å². The number of carbonyl (C=O) groups is 2. The molecule has 0 aliphatic carbocycles. The predicted molar refractivity (Wildman–Crippen MR) is 92.0 cm³/mol. The van der Waals surface area contributed by atoms with Gasteiger partial charge in [-0.15, -0.1) is 11.3 Å². The largest absolute Gasteiger partial charge is 0.302 e. The molecule has 0 spiro atoms. The van der Waals surface area contributed by atoms with Crippen molar-refractivity contribution >= 4 is 45.0 Å². The van der Waals surface area contributed by atoms with Crippen molar-refractivity contribution in [2.45, 2.75) is 13.3 Å². The number of hydrogen-bond donors (Lipinski definition) is 2. The van der Waals surface area contributed by atoms with Crippen LogP contribution in [0.1, 0.15) is 12.1 Å². The molecule has 1 aliphatic heterocycles. The Morgan fingerprint density at radius 2 is 2.32 bits per heavy atom. The number of H-pyrrole nitrogens is 1. The highest BCUT2D eigenvalue weighted by atomic mass is 32.1. The first-order valence-electron chi connectivity index (χ1n) is 7.69. The molecule has 9 heteroatoms. The first kappa shape index (κ1) is 15.7. The van der Waals surface area contributed by atoms with E-state index in [9.17, 15) is 14.0 Å². The van der Waals surface area contributed by atoms with Gasteiger partial charge in [-0.3, -0.25) is 19.6 Å². The van der Waals surface area contributed by atoms with E-state index in [0.717, 1.165) is 5.69 Å². The quantitative estimate of drug-likeness (QED) is 0.751. The van der Waals surface area contributed by atoms with Crippen LogP contribution in [0.15, 0.2) is 23.6 Å². The predicted octanol–water partition coefficient (Wildman–Crippen LogP) is 2.46. The number of rotatable bonds is 3. The fourth-order valence-corrected chi connectivity index (χ4v) is 3.61. The minimum Gasteiger partial charge on any atom is -0.302 e. The second-order valence-electron chi connectivity index (χ2n) is 5.90. The van der Waals surface area contributed by atoms with Crippen molar-refractivity contribution < 1.29 is 14.0 Å². The average Bonchev–Trinajstić information content (AvgIpc) is 3.26. The molecule has 4 rings (SSSR count). The highest BCUT2D eigenvalue weighted by molar-refractivity contribution is 7.13. The Hall–Kier alpha value is -2.81. The highest BCUT2D eigenvalue weighted by Crippen LogP contribution is 2.31. The van der Waals surface area contributed by atoms with E-state index < -0.39 is 11.7 Å². The van der Waals surface area contributed by atoms with Crippen LogP contribution in [0.3, 0.4) is 0 Å². The standard InChI is InChI=1S/C16H14FN5O2S/c1-8-7-25-16(18-8)19-15(24)9-5-12(23)22(6-9)14-13-10(17)3-2-4-11(13)20-21-14/h2-4,7,9H,5-6H2,1H3,(H,20,21)(H,18,19,24)/t9-/m0/s1. The molecule has 0 bridgehead atoms. The number of nitrogens with one attached hydrogen (secondary N) is 2. The number of aromatic nitrogens is 3. The molecule has 2 amide bonds. The summed E-state index contributed by atoms with van der Waals surface area (Å²) in [7, 11) is 0. The van der Waals surface area contributed by atoms with Crippen molar-refractivity contribution in [2.75, 3.05) is 16.8 Å². The number of aryl methyl sites for hydroxylation is 1. The fourth-order valence-electron chi connectivity index (χ4n) is 2.92. The van der Waals surface area contributed by atoms with Crippen molar-refractivity contribution in [3.05, 3.63) is 35.1 Å². The van der Waals surface area contributed by atoms with E-state index >= 15 is 0 Å². The molecule has 128 valence electrons. The maximum Gasteiger partial charge on any atom is 0.231 e. The smallest absolute Gasteiger partial charge is 0.231 e. The van der Waals surface area contributed by atoms with Crippen molar-refractivity contribution in [2.24, 2.45) is 5.92 Å². The monoisotopic (exact) mass is 359 g/mol. The number of halogens is 1. The molecule has 2 aromatic heterocycles. The molecule has 25 heavy (non-hydrogen) atoms. The molecule has 1 aliphatic rings. The van der Waals surface area contributed by atoms with E-state index in [1.165, 1.54) is 22.3 Å². The molecular formula is C16H14FN5O2S. The van der Waals surface area contributed by atoms with Crippen molar-refractivity contribution in [1.29, 1.82) is 0 Å². The van der Waals surface area contributed by atoms with Crippen LogP contribution in [0.25, 0.3) is 10.9 Å². The molecule has 0 unspecified atom stereocenters. The van der Waals surface area contributed by atoms with Gasteiger partial charge in [0.2, 0.25) is 11.8 Å². The van der Waals surface area contributed by atoms with Crippen LogP contribution in [0.5, 0.6) is 0 Å². The summed E-state index contributed by atoms with van der Waals surface area (Å²) >= 11 is 1.33. The third-order valence-electron chi connectivity index (χ3n) is 4.12. The Morgan fingerprint density at radius 1 is 1.48 bits per heavy atom. The number of aromatic amines is 1. The Morgan fingerprint density at radius 3 is 3.08 bits per heavy atom. The number of thiazole rings is 1. The third-order valence-corrected chi connectivity index (χ3v) is 5.00. The van der Waals surface area contributed by atoms with Crippen molar-refractivity contribution in [3.8, 4) is 0 Å². The van der Waals surface area contributed by atoms with Crippen LogP contribution in [0.4, 0.5) is 15.3 Å². The second kappa shape index (κ2) is 5.92. The topological polar surface area (TPSA) is 91.0 Å². The lowest BCUT2D eigenvalue weighted by Gasteiger charge is -2.14. The first-order valence-corrected chi connectivity index (χ1v) is 8.57. The Bertz CT molecular complexity index is 982. The highest BCUT2D eigenvalue weighted by Gasteiger charge is 2.37. The SMILES string of the molecule is Cc1csc(NC(=O)[C@H]2CC(=O)N(c3n[nH]c4cccc(F)c34)C2)n1. The maximum atomic E-state index is 14.1. The van der Waals surface area contributed by atoms with Gasteiger partial charge in [0.1, 0.15) is 5.82 Å². The lowest BCUT2D eigenvalue weighted by atomic mass is 10.1. The number of anilines is 2. The average molecular weight is 359 g/mol. The summed E-state index contributed by atoms with van der Waals surface area (Å²) in [6.07, 6.45) is 0.0546. The van der Waals surface area contributed by atoms with Crippen LogP contribution in [0.2, 0.25) is 0 Å². The second-order valence-corrected chi connectivity index (χ2v) is 6.76. The van der Waals surface area contributed by atoms with Gasteiger partial charge < -0.3 is 5.32 Å². The molecular weight excluding hydrogens is 345 g/mol. The Labute approximate surface area is 145 Å². The molecule has 1 aromatic carbocycles. The van der Waals surface area contributed by atoms with Gasteiger partial charge in [-0.05, 0) is 19.1 Å². The molecule has 1 saturated heterocycles. The lowest BCUT2D eigenvalue weighted by Crippen LogP contribution is -2.28. The minimum absolute atomic E-state index is 0.0546. The van der Waals surface area contributed by atoms with Gasteiger partial charge in [-0.2, -0.15) is 5.10 Å². The molecule has 3 heterocycles. The molecule has 1 atom stereocenters. The zero-order valence-electron chi connectivity index (χ0n) is 13.2. The van der Waals surface area contributed by atoms with Crippen LogP contribution in [-0.4, -0.2) is 33.5 Å². The summed E-state index contributed by atoms with van der Waals surface area (Å²) in [5.74, 6) is -1.30. The molecule has 1 fully saturated rings. The Kier molecular flexibility index (Phi) is 3.72. The number of hydrogen-bond acceptors (Lipinski definition) is 5. The van der Waals surface area contributed by atoms with E-state index in [2.05, 4.69) is 20.5 Å². The number of fused-ring (bicyclic) bond motifs is 1. The van der Waals surface area contributed by atoms with Crippen molar-refractivity contribution in [1.82, 2.24) is 15.2 Å². The number of benzene rings is 1. The summed E-state index contributed by atoms with van der Waals surface area (Å²) in [6.45, 7) is 1.99. The molecule has 0 saturated carbocycles. The summed E-state index contributed by atoms with van der Waals surface area (Å²) in [4.78, 5) is 30.3. The van der Waals surface area contributed by atoms with Gasteiger partial charge in [0.25, 0.3) is 0 Å². The zero-order chi connectivity index (χ0) is 17.6. The van der Waals surface area contributed by atoms with E-state index in [4.69, 9.17) is 0 Å². The third kappa shape index (κ3) is 2.76. The molecule has 7 nitrogen and oxygen atoms in total. The Balaban J connectivity index is 1.56. The zero-order valence-corrected chi connectivity index (χ0v) is 14.1. The number of amides is 2. The summed E-state index contributed by atoms with van der Waals surface area (Å²) in [6, 6.07) is 4.57. The van der Waals surface area contributed by atoms with E-state index in [1.807, 2.05) is 12.3 Å². The van der Waals surface area contributed by atoms with Crippen molar-refractivity contribution in [3.63, 3.8) is 0 Å². The minimum atomic E-state index is -0.532. The number of nitrogens with zero attached hydrogens (tertiary/aromatic N) is 3. The van der Waals surface area contributed by atoms with E-state index in [0.29, 0.717) is 10.6 Å². The summed E-state index contributed by atoms with van der Waals surface area (Å²) in [5, 5.41) is 12.1. The van der Waals surface area contributed by atoms with Gasteiger partial charge in [0.05, 0.1) is 22.5 Å². The van der Waals surface area contributed by atoms with E-state index in [-0.39, 0.29) is 36.0 Å². The van der Waals surface area contributed by atoms with Crippen LogP contribution in [-0.2, 0) is 9.59 Å². The molecule has 3 aromatic rings. The molecule has 2 N–H and O–H groups in total. The normalized spacial score (nSPS) is 17.4. The van der Waals surface area contributed by atoms with Gasteiger partial charge in [0.15, 0.2) is 10.9 Å². The van der Waals surface area contributed by atoms with Gasteiger partial charge in [-0.25, -0.2) is 9.37 Å². The van der Waals surface area contributed by atoms with Gasteiger partial charge >= 0.3 is 0 Å². The summed E-state index contributed by atoms with van der Waals surface area (Å²) < 4.78 is 14.1. The van der Waals surface area contributed by atoms with Crippen LogP contribution in [0, 0.1) is 18.7 Å². The van der Waals surface area contributed by atoms with Crippen LogP contribution >= 0.6 is 11.3 Å². The van der Waals surface area contributed by atoms with E-state index in [1.54, 1.807) is 12.1 Å². The summed E-state index contributed by atoms with van der Waals surface area (Å²) in [5.41, 5.74) is 1.33. The molecule has 0 radical (unpaired) electrons. The lowest BCUT2D eigenvalue weighted by molar-refractivity contribution is -0.122.